The molecule has 0 unspecified atom stereocenters. The van der Waals surface area contributed by atoms with Crippen molar-refractivity contribution in [2.75, 3.05) is 7.11 Å². The van der Waals surface area contributed by atoms with E-state index in [1.54, 1.807) is 13.3 Å². The molecule has 0 heterocycles. The van der Waals surface area contributed by atoms with Crippen molar-refractivity contribution in [2.45, 2.75) is 0 Å². The van der Waals surface area contributed by atoms with Gasteiger partial charge in [-0.2, -0.15) is 5.10 Å². The van der Waals surface area contributed by atoms with Crippen molar-refractivity contribution >= 4 is 50.7 Å². The lowest BCUT2D eigenvalue weighted by molar-refractivity contribution is 0.411. The van der Waals surface area contributed by atoms with E-state index in [-0.39, 0.29) is 5.96 Å². The van der Waals surface area contributed by atoms with Gasteiger partial charge in [-0.25, -0.2) is 0 Å². The van der Waals surface area contributed by atoms with E-state index in [2.05, 4.69) is 48.7 Å². The Morgan fingerprint density at radius 2 is 2.19 bits per heavy atom. The Kier molecular flexibility index (Phi) is 5.00. The first-order chi connectivity index (χ1) is 7.54. The summed E-state index contributed by atoms with van der Waals surface area (Å²) in [6, 6.07) is 3.77. The lowest BCUT2D eigenvalue weighted by Crippen LogP contribution is -2.21. The van der Waals surface area contributed by atoms with Gasteiger partial charge in [-0.3, -0.25) is 0 Å². The lowest BCUT2D eigenvalue weighted by Gasteiger charge is -2.05. The maximum atomic E-state index is 5.17. The SMILES string of the molecule is COc1cc(Br)c(C=NN=C(N)N)cc1I. The van der Waals surface area contributed by atoms with Crippen molar-refractivity contribution in [3.63, 3.8) is 0 Å². The molecule has 7 heteroatoms. The van der Waals surface area contributed by atoms with Crippen molar-refractivity contribution in [3.05, 3.63) is 25.7 Å². The van der Waals surface area contributed by atoms with Crippen LogP contribution in [-0.4, -0.2) is 19.3 Å². The first-order valence-electron chi connectivity index (χ1n) is 4.19. The van der Waals surface area contributed by atoms with Crippen molar-refractivity contribution in [2.24, 2.45) is 21.7 Å². The van der Waals surface area contributed by atoms with Gasteiger partial charge in [-0.15, -0.1) is 5.10 Å². The highest BCUT2D eigenvalue weighted by Crippen LogP contribution is 2.27. The fourth-order valence-electron chi connectivity index (χ4n) is 0.957. The van der Waals surface area contributed by atoms with Crippen LogP contribution in [0.1, 0.15) is 5.56 Å². The van der Waals surface area contributed by atoms with Gasteiger partial charge in [-0.1, -0.05) is 0 Å². The predicted octanol–water partition coefficient (Wildman–Crippen LogP) is 1.67. The van der Waals surface area contributed by atoms with Gasteiger partial charge in [-0.05, 0) is 50.7 Å². The second kappa shape index (κ2) is 6.04. The molecule has 16 heavy (non-hydrogen) atoms. The number of guanidine groups is 1. The van der Waals surface area contributed by atoms with E-state index < -0.39 is 0 Å². The zero-order valence-corrected chi connectivity index (χ0v) is 12.2. The van der Waals surface area contributed by atoms with E-state index in [9.17, 15) is 0 Å². The maximum Gasteiger partial charge on any atom is 0.211 e. The van der Waals surface area contributed by atoms with Gasteiger partial charge < -0.3 is 16.2 Å². The first kappa shape index (κ1) is 13.2. The predicted molar refractivity (Wildman–Crippen MR) is 76.8 cm³/mol. The largest absolute Gasteiger partial charge is 0.496 e. The van der Waals surface area contributed by atoms with Crippen LogP contribution in [0.4, 0.5) is 0 Å². The minimum atomic E-state index is -0.0735. The fourth-order valence-corrected chi connectivity index (χ4v) is 2.09. The Hall–Kier alpha value is -0.830. The highest BCUT2D eigenvalue weighted by molar-refractivity contribution is 14.1. The number of hydrogen-bond donors (Lipinski definition) is 2. The van der Waals surface area contributed by atoms with Crippen LogP contribution in [0, 0.1) is 3.57 Å². The van der Waals surface area contributed by atoms with Gasteiger partial charge in [0.05, 0.1) is 16.9 Å². The molecule has 0 aliphatic heterocycles. The third kappa shape index (κ3) is 3.63. The van der Waals surface area contributed by atoms with Gasteiger partial charge in [0.15, 0.2) is 0 Å². The summed E-state index contributed by atoms with van der Waals surface area (Å²) in [7, 11) is 1.62. The van der Waals surface area contributed by atoms with Gasteiger partial charge in [0.1, 0.15) is 5.75 Å². The average molecular weight is 397 g/mol. The lowest BCUT2D eigenvalue weighted by atomic mass is 10.2. The topological polar surface area (TPSA) is 86.0 Å². The monoisotopic (exact) mass is 396 g/mol. The molecule has 0 atom stereocenters. The van der Waals surface area contributed by atoms with Crippen LogP contribution in [-0.2, 0) is 0 Å². The van der Waals surface area contributed by atoms with E-state index >= 15 is 0 Å². The molecule has 0 bridgehead atoms. The molecule has 1 aromatic rings. The number of hydrogen-bond acceptors (Lipinski definition) is 3. The fraction of sp³-hybridized carbons (Fsp3) is 0.111. The van der Waals surface area contributed by atoms with E-state index in [1.807, 2.05) is 12.1 Å². The summed E-state index contributed by atoms with van der Waals surface area (Å²) in [5, 5.41) is 7.26. The smallest absolute Gasteiger partial charge is 0.211 e. The zero-order chi connectivity index (χ0) is 12.1. The highest BCUT2D eigenvalue weighted by atomic mass is 127. The molecule has 0 saturated heterocycles. The molecule has 1 rings (SSSR count). The number of rotatable bonds is 3. The highest BCUT2D eigenvalue weighted by Gasteiger charge is 2.05. The Balaban J connectivity index is 3.02. The van der Waals surface area contributed by atoms with Crippen molar-refractivity contribution in [1.82, 2.24) is 0 Å². The van der Waals surface area contributed by atoms with Crippen LogP contribution >= 0.6 is 38.5 Å². The van der Waals surface area contributed by atoms with Crippen LogP contribution in [0.25, 0.3) is 0 Å². The summed E-state index contributed by atoms with van der Waals surface area (Å²) in [6.45, 7) is 0. The quantitative estimate of drug-likeness (QED) is 0.352. The van der Waals surface area contributed by atoms with E-state index in [0.717, 1.165) is 19.4 Å². The number of ether oxygens (including phenoxy) is 1. The summed E-state index contributed by atoms with van der Waals surface area (Å²) >= 11 is 5.58. The van der Waals surface area contributed by atoms with Gasteiger partial charge in [0.2, 0.25) is 5.96 Å². The summed E-state index contributed by atoms with van der Waals surface area (Å²) in [5.74, 6) is 0.724. The van der Waals surface area contributed by atoms with Crippen LogP contribution in [0.2, 0.25) is 0 Å². The molecule has 0 spiro atoms. The van der Waals surface area contributed by atoms with Crippen molar-refractivity contribution < 1.29 is 4.74 Å². The molecule has 86 valence electrons. The number of nitrogens with two attached hydrogens (primary N) is 2. The molecule has 0 aliphatic carbocycles. The molecule has 5 nitrogen and oxygen atoms in total. The van der Waals surface area contributed by atoms with Crippen molar-refractivity contribution in [3.8, 4) is 5.75 Å². The molecular weight excluding hydrogens is 387 g/mol. The van der Waals surface area contributed by atoms with Crippen LogP contribution in [0.15, 0.2) is 26.8 Å². The van der Waals surface area contributed by atoms with E-state index in [0.29, 0.717) is 0 Å². The second-order valence-electron chi connectivity index (χ2n) is 2.78. The Morgan fingerprint density at radius 1 is 1.50 bits per heavy atom. The molecule has 0 saturated carbocycles. The van der Waals surface area contributed by atoms with Crippen LogP contribution < -0.4 is 16.2 Å². The normalized spacial score (nSPS) is 10.4. The van der Waals surface area contributed by atoms with Gasteiger partial charge in [0, 0.05) is 10.0 Å². The summed E-state index contributed by atoms with van der Waals surface area (Å²) < 4.78 is 7.02. The molecule has 0 aliphatic rings. The number of benzene rings is 1. The Bertz CT molecular complexity index is 443. The summed E-state index contributed by atoms with van der Waals surface area (Å²) in [6.07, 6.45) is 1.56. The molecule has 0 aromatic heterocycles. The van der Waals surface area contributed by atoms with Gasteiger partial charge >= 0.3 is 0 Å². The summed E-state index contributed by atoms with van der Waals surface area (Å²) in [5.41, 5.74) is 11.2. The number of nitrogens with zero attached hydrogens (tertiary/aromatic N) is 2. The molecular formula is C9H10BrIN4O. The third-order valence-electron chi connectivity index (χ3n) is 1.64. The van der Waals surface area contributed by atoms with Gasteiger partial charge in [0.25, 0.3) is 0 Å². The molecule has 0 fully saturated rings. The van der Waals surface area contributed by atoms with E-state index in [4.69, 9.17) is 16.2 Å². The van der Waals surface area contributed by atoms with Crippen LogP contribution in [0.5, 0.6) is 5.75 Å². The maximum absolute atomic E-state index is 5.17. The molecule has 1 aromatic carbocycles. The second-order valence-corrected chi connectivity index (χ2v) is 4.79. The Labute approximate surface area is 115 Å². The van der Waals surface area contributed by atoms with E-state index in [1.165, 1.54) is 0 Å². The number of methoxy groups -OCH3 is 1. The van der Waals surface area contributed by atoms with Crippen LogP contribution in [0.3, 0.4) is 0 Å². The number of halogens is 2. The zero-order valence-electron chi connectivity index (χ0n) is 8.45. The summed E-state index contributed by atoms with van der Waals surface area (Å²) in [4.78, 5) is 0. The third-order valence-corrected chi connectivity index (χ3v) is 3.17. The molecule has 4 N–H and O–H groups in total. The average Bonchev–Trinajstić information content (AvgIpc) is 2.22. The molecule has 0 amide bonds. The standard InChI is InChI=1S/C9H10BrIN4O/c1-16-8-3-6(10)5(2-7(8)11)4-14-15-9(12)13/h2-4H,1H3,(H4,12,13,15). The Morgan fingerprint density at radius 3 is 2.75 bits per heavy atom. The first-order valence-corrected chi connectivity index (χ1v) is 6.06. The minimum absolute atomic E-state index is 0.0735. The minimum Gasteiger partial charge on any atom is -0.496 e. The molecule has 0 radical (unpaired) electrons. The van der Waals surface area contributed by atoms with Crippen molar-refractivity contribution in [1.29, 1.82) is 0 Å².